The molecule has 0 saturated heterocycles. The Labute approximate surface area is 71.9 Å². The van der Waals surface area contributed by atoms with Crippen molar-refractivity contribution in [3.8, 4) is 0 Å². The maximum absolute atomic E-state index is 4.17. The number of hydrogen-bond acceptors (Lipinski definition) is 2. The summed E-state index contributed by atoms with van der Waals surface area (Å²) >= 11 is 0. The van der Waals surface area contributed by atoms with Crippen molar-refractivity contribution in [3.05, 3.63) is 34.7 Å². The number of rotatable bonds is 1. The molecule has 0 saturated carbocycles. The topological polar surface area (TPSA) is 12.4 Å². The van der Waals surface area contributed by atoms with Crippen molar-refractivity contribution in [3.63, 3.8) is 0 Å². The molecule has 0 aromatic heterocycles. The van der Waals surface area contributed by atoms with E-state index in [2.05, 4.69) is 27.3 Å². The van der Waals surface area contributed by atoms with Crippen LogP contribution >= 0.6 is 20.3 Å². The van der Waals surface area contributed by atoms with E-state index in [-0.39, 0.29) is 9.52 Å². The molecule has 0 aliphatic carbocycles. The van der Waals surface area contributed by atoms with E-state index in [1.165, 1.54) is 0 Å². The van der Waals surface area contributed by atoms with Crippen molar-refractivity contribution < 1.29 is 0 Å². The van der Waals surface area contributed by atoms with Crippen LogP contribution in [0.1, 0.15) is 0 Å². The summed E-state index contributed by atoms with van der Waals surface area (Å²) in [5, 5.41) is 6.49. The van der Waals surface area contributed by atoms with Gasteiger partial charge in [-0.3, -0.25) is 4.99 Å². The third-order valence-corrected chi connectivity index (χ3v) is 4.28. The van der Waals surface area contributed by atoms with Gasteiger partial charge in [0, 0.05) is 11.6 Å². The van der Waals surface area contributed by atoms with E-state index in [1.807, 2.05) is 29.2 Å². The van der Waals surface area contributed by atoms with Crippen LogP contribution in [-0.2, 0) is 0 Å². The lowest BCUT2D eigenvalue weighted by Crippen LogP contribution is -1.63. The van der Waals surface area contributed by atoms with Crippen molar-refractivity contribution in [1.82, 2.24) is 0 Å². The van der Waals surface area contributed by atoms with E-state index in [0.717, 1.165) is 5.70 Å². The van der Waals surface area contributed by atoms with Crippen LogP contribution < -0.4 is 0 Å². The molecule has 11 heavy (non-hydrogen) atoms. The summed E-state index contributed by atoms with van der Waals surface area (Å²) in [4.78, 5) is 4.17. The van der Waals surface area contributed by atoms with Crippen molar-refractivity contribution in [2.45, 2.75) is 0 Å². The highest BCUT2D eigenvalue weighted by Crippen LogP contribution is 2.37. The van der Waals surface area contributed by atoms with Gasteiger partial charge >= 0.3 is 0 Å². The van der Waals surface area contributed by atoms with Crippen LogP contribution in [0.3, 0.4) is 0 Å². The van der Waals surface area contributed by atoms with Crippen LogP contribution in [0, 0.1) is 0 Å². The minimum atomic E-state index is 0.236. The summed E-state index contributed by atoms with van der Waals surface area (Å²) in [5.74, 6) is 0. The smallest absolute Gasteiger partial charge is 0.0696 e. The van der Waals surface area contributed by atoms with Crippen LogP contribution in [0.5, 0.6) is 0 Å². The van der Waals surface area contributed by atoms with Crippen molar-refractivity contribution in [2.75, 3.05) is 0 Å². The normalized spacial score (nSPS) is 30.2. The van der Waals surface area contributed by atoms with Gasteiger partial charge in [-0.25, -0.2) is 0 Å². The molecule has 0 spiro atoms. The highest BCUT2D eigenvalue weighted by atomic mass is 33.1. The van der Waals surface area contributed by atoms with Crippen LogP contribution in [-0.4, -0.2) is 11.6 Å². The molecule has 2 heterocycles. The number of hydrogen-bond donors (Lipinski definition) is 0. The van der Waals surface area contributed by atoms with Gasteiger partial charge in [-0.1, -0.05) is 20.3 Å². The van der Waals surface area contributed by atoms with Gasteiger partial charge in [0.25, 0.3) is 0 Å². The van der Waals surface area contributed by atoms with Gasteiger partial charge in [0.15, 0.2) is 0 Å². The minimum absolute atomic E-state index is 0.236. The Bertz CT molecular complexity index is 294. The van der Waals surface area contributed by atoms with Crippen LogP contribution in [0.15, 0.2) is 39.7 Å². The van der Waals surface area contributed by atoms with Gasteiger partial charge in [0.05, 0.1) is 5.70 Å². The molecule has 0 N–H and O–H groups in total. The molecule has 3 heteroatoms. The Hall–Kier alpha value is -0.540. The molecule has 2 aliphatic rings. The number of aliphatic imine (C=N–C) groups is 1. The maximum atomic E-state index is 4.17. The summed E-state index contributed by atoms with van der Waals surface area (Å²) in [6.45, 7) is 0. The Balaban J connectivity index is 2.15. The molecule has 0 aromatic rings. The number of allylic oxidation sites excluding steroid dienone is 3. The lowest BCUT2D eigenvalue weighted by Gasteiger charge is -1.92. The fourth-order valence-corrected chi connectivity index (χ4v) is 3.41. The Morgan fingerprint density at radius 2 is 2.45 bits per heavy atom. The summed E-state index contributed by atoms with van der Waals surface area (Å²) < 4.78 is 0. The summed E-state index contributed by atoms with van der Waals surface area (Å²) in [5.41, 5.74) is 1.08. The first-order valence-corrected chi connectivity index (χ1v) is 6.01. The van der Waals surface area contributed by atoms with Crippen LogP contribution in [0.2, 0.25) is 0 Å². The Morgan fingerprint density at radius 3 is 3.09 bits per heavy atom. The van der Waals surface area contributed by atoms with E-state index >= 15 is 0 Å². The molecule has 0 fully saturated rings. The largest absolute Gasteiger partial charge is 0.256 e. The van der Waals surface area contributed by atoms with E-state index in [0.29, 0.717) is 0 Å². The summed E-state index contributed by atoms with van der Waals surface area (Å²) in [6.07, 6.45) is 7.90. The first kappa shape index (κ1) is 7.13. The Morgan fingerprint density at radius 1 is 1.45 bits per heavy atom. The van der Waals surface area contributed by atoms with Gasteiger partial charge in [0.1, 0.15) is 0 Å². The molecule has 0 aromatic carbocycles. The van der Waals surface area contributed by atoms with Gasteiger partial charge in [-0.15, -0.1) is 0 Å². The zero-order chi connectivity index (χ0) is 7.52. The molecule has 1 nitrogen and oxygen atoms in total. The zero-order valence-corrected chi connectivity index (χ0v) is 7.44. The first-order valence-electron chi connectivity index (χ1n) is 3.27. The minimum Gasteiger partial charge on any atom is -0.256 e. The first-order chi connectivity index (χ1) is 5.45. The van der Waals surface area contributed by atoms with Crippen LogP contribution in [0.25, 0.3) is 0 Å². The average Bonchev–Trinajstić information content (AvgIpc) is 2.60. The highest BCUT2D eigenvalue weighted by molar-refractivity contribution is 8.86. The third-order valence-electron chi connectivity index (χ3n) is 1.27. The van der Waals surface area contributed by atoms with Crippen LogP contribution in [0.4, 0.5) is 0 Å². The molecular formula is C8H7NS2. The monoisotopic (exact) mass is 181 g/mol. The SMILES string of the molecule is C1=CSS(/C=C2/C=CC=N2)=C1. The zero-order valence-electron chi connectivity index (χ0n) is 5.81. The predicted octanol–water partition coefficient (Wildman–Crippen LogP) is 2.72. The van der Waals surface area contributed by atoms with Crippen molar-refractivity contribution in [2.24, 2.45) is 4.99 Å². The third kappa shape index (κ3) is 1.73. The van der Waals surface area contributed by atoms with Gasteiger partial charge in [0.2, 0.25) is 0 Å². The van der Waals surface area contributed by atoms with E-state index in [9.17, 15) is 0 Å². The standard InChI is InChI=1S/C8H7NS2/c1-3-8(9-4-1)7-11-6-2-5-10-11/h1-7H/b8-7-. The van der Waals surface area contributed by atoms with Crippen molar-refractivity contribution >= 4 is 31.9 Å². The molecule has 2 rings (SSSR count). The quantitative estimate of drug-likeness (QED) is 0.447. The van der Waals surface area contributed by atoms with Gasteiger partial charge < -0.3 is 0 Å². The van der Waals surface area contributed by atoms with E-state index in [4.69, 9.17) is 0 Å². The maximum Gasteiger partial charge on any atom is 0.0696 e. The fraction of sp³-hybridized carbons (Fsp3) is 0. The predicted molar refractivity (Wildman–Crippen MR) is 56.1 cm³/mol. The molecular weight excluding hydrogens is 174 g/mol. The van der Waals surface area contributed by atoms with Crippen molar-refractivity contribution in [1.29, 1.82) is 0 Å². The lowest BCUT2D eigenvalue weighted by atomic mass is 10.5. The molecule has 1 atom stereocenters. The fourth-order valence-electron chi connectivity index (χ4n) is 0.807. The molecule has 1 unspecified atom stereocenters. The highest BCUT2D eigenvalue weighted by Gasteiger charge is 1.97. The number of nitrogens with zero attached hydrogens (tertiary/aromatic N) is 1. The van der Waals surface area contributed by atoms with E-state index < -0.39 is 0 Å². The molecule has 0 bridgehead atoms. The molecule has 56 valence electrons. The van der Waals surface area contributed by atoms with Gasteiger partial charge in [-0.05, 0) is 29.0 Å². The molecule has 0 radical (unpaired) electrons. The second-order valence-corrected chi connectivity index (χ2v) is 5.43. The van der Waals surface area contributed by atoms with Gasteiger partial charge in [-0.2, -0.15) is 0 Å². The lowest BCUT2D eigenvalue weighted by molar-refractivity contribution is 1.49. The second kappa shape index (κ2) is 3.24. The Kier molecular flexibility index (Phi) is 2.10. The average molecular weight is 181 g/mol. The molecule has 0 amide bonds. The van der Waals surface area contributed by atoms with E-state index in [1.54, 1.807) is 0 Å². The molecule has 2 aliphatic heterocycles. The summed E-state index contributed by atoms with van der Waals surface area (Å²) in [7, 11) is 2.07. The second-order valence-electron chi connectivity index (χ2n) is 2.07. The summed E-state index contributed by atoms with van der Waals surface area (Å²) in [6, 6.07) is 0.